The number of carbonyl (C=O) groups excluding carboxylic acids is 1. The van der Waals surface area contributed by atoms with Gasteiger partial charge in [-0.3, -0.25) is 4.79 Å². The monoisotopic (exact) mass is 296 g/mol. The average Bonchev–Trinajstić information content (AvgIpc) is 2.40. The van der Waals surface area contributed by atoms with Crippen molar-refractivity contribution in [3.05, 3.63) is 29.8 Å². The highest BCUT2D eigenvalue weighted by atomic mass is 32.2. The van der Waals surface area contributed by atoms with Crippen molar-refractivity contribution in [2.24, 2.45) is 0 Å². The number of rotatable bonds is 5. The van der Waals surface area contributed by atoms with Gasteiger partial charge in [0.25, 0.3) is 0 Å². The summed E-state index contributed by atoms with van der Waals surface area (Å²) < 4.78 is 0. The first-order valence-electron chi connectivity index (χ1n) is 6.50. The van der Waals surface area contributed by atoms with Crippen LogP contribution in [0.4, 0.5) is 5.69 Å². The lowest BCUT2D eigenvalue weighted by molar-refractivity contribution is -0.115. The number of aryl methyl sites for hydroxylation is 1. The molecule has 1 aliphatic heterocycles. The molecule has 3 nitrogen and oxygen atoms in total. The first-order chi connectivity index (χ1) is 9.24. The van der Waals surface area contributed by atoms with Crippen LogP contribution < -0.4 is 10.6 Å². The zero-order valence-electron chi connectivity index (χ0n) is 11.1. The summed E-state index contributed by atoms with van der Waals surface area (Å²) in [7, 11) is 0. The normalized spacial score (nSPS) is 19.1. The van der Waals surface area contributed by atoms with E-state index in [9.17, 15) is 4.79 Å². The minimum Gasteiger partial charge on any atom is -0.325 e. The van der Waals surface area contributed by atoms with E-state index in [1.165, 1.54) is 17.3 Å². The maximum Gasteiger partial charge on any atom is 0.238 e. The molecule has 0 aromatic heterocycles. The van der Waals surface area contributed by atoms with Gasteiger partial charge in [0.2, 0.25) is 5.91 Å². The smallest absolute Gasteiger partial charge is 0.238 e. The molecule has 1 saturated heterocycles. The van der Waals surface area contributed by atoms with Crippen LogP contribution >= 0.6 is 23.5 Å². The molecule has 1 aromatic rings. The summed E-state index contributed by atoms with van der Waals surface area (Å²) in [5, 5.41) is 6.79. The second-order valence-electron chi connectivity index (χ2n) is 4.62. The molecule has 0 radical (unpaired) electrons. The van der Waals surface area contributed by atoms with Crippen LogP contribution in [0.2, 0.25) is 0 Å². The minimum atomic E-state index is 0.0269. The molecular formula is C14H20N2OS2. The highest BCUT2D eigenvalue weighted by Crippen LogP contribution is 2.23. The summed E-state index contributed by atoms with van der Waals surface area (Å²) in [6.45, 7) is 3.32. The van der Waals surface area contributed by atoms with Crippen molar-refractivity contribution in [3.63, 3.8) is 0 Å². The molecule has 1 unspecified atom stereocenters. The van der Waals surface area contributed by atoms with Crippen LogP contribution in [0.1, 0.15) is 5.56 Å². The molecular weight excluding hydrogens is 276 g/mol. The van der Waals surface area contributed by atoms with Crippen molar-refractivity contribution in [1.82, 2.24) is 5.32 Å². The summed E-state index contributed by atoms with van der Waals surface area (Å²) in [4.78, 5) is 11.8. The van der Waals surface area contributed by atoms with Gasteiger partial charge in [0.15, 0.2) is 0 Å². The molecule has 2 rings (SSSR count). The summed E-state index contributed by atoms with van der Waals surface area (Å²) >= 11 is 4.01. The molecule has 0 bridgehead atoms. The van der Waals surface area contributed by atoms with E-state index in [2.05, 4.69) is 10.6 Å². The quantitative estimate of drug-likeness (QED) is 0.875. The maximum absolute atomic E-state index is 11.8. The number of thioether (sulfide) groups is 2. The number of hydrogen-bond acceptors (Lipinski definition) is 4. The van der Waals surface area contributed by atoms with E-state index >= 15 is 0 Å². The van der Waals surface area contributed by atoms with E-state index in [1.807, 2.05) is 54.7 Å². The molecule has 1 aromatic carbocycles. The fraction of sp³-hybridized carbons (Fsp3) is 0.500. The summed E-state index contributed by atoms with van der Waals surface area (Å²) in [5.41, 5.74) is 2.02. The van der Waals surface area contributed by atoms with Crippen molar-refractivity contribution in [2.75, 3.05) is 35.7 Å². The number of amides is 1. The lowest BCUT2D eigenvalue weighted by atomic mass is 10.2. The summed E-state index contributed by atoms with van der Waals surface area (Å²) in [6, 6.07) is 7.87. The summed E-state index contributed by atoms with van der Waals surface area (Å²) in [5.74, 6) is 3.71. The van der Waals surface area contributed by atoms with Crippen molar-refractivity contribution in [3.8, 4) is 0 Å². The Labute approximate surface area is 123 Å². The molecule has 1 heterocycles. The molecule has 104 valence electrons. The number of nitrogens with one attached hydrogen (secondary N) is 2. The zero-order chi connectivity index (χ0) is 13.5. The molecule has 1 amide bonds. The minimum absolute atomic E-state index is 0.0269. The van der Waals surface area contributed by atoms with Gasteiger partial charge in [-0.15, -0.1) is 0 Å². The SMILES string of the molecule is Cc1cccc(NC(=O)CNCC2CSCCS2)c1. The Hall–Kier alpha value is -0.650. The van der Waals surface area contributed by atoms with E-state index in [4.69, 9.17) is 0 Å². The van der Waals surface area contributed by atoms with Gasteiger partial charge in [0.05, 0.1) is 6.54 Å². The molecule has 1 atom stereocenters. The Balaban J connectivity index is 1.67. The Morgan fingerprint density at radius 1 is 1.42 bits per heavy atom. The fourth-order valence-electron chi connectivity index (χ4n) is 1.93. The summed E-state index contributed by atoms with van der Waals surface area (Å²) in [6.07, 6.45) is 0. The van der Waals surface area contributed by atoms with Gasteiger partial charge in [-0.05, 0) is 24.6 Å². The first kappa shape index (κ1) is 14.8. The highest BCUT2D eigenvalue weighted by molar-refractivity contribution is 8.06. The fourth-order valence-corrected chi connectivity index (χ4v) is 4.58. The van der Waals surface area contributed by atoms with Gasteiger partial charge in [0.1, 0.15) is 0 Å². The van der Waals surface area contributed by atoms with Gasteiger partial charge in [-0.2, -0.15) is 23.5 Å². The standard InChI is InChI=1S/C14H20N2OS2/c1-11-3-2-4-12(7-11)16-14(17)9-15-8-13-10-18-5-6-19-13/h2-4,7,13,15H,5-6,8-10H2,1H3,(H,16,17). The van der Waals surface area contributed by atoms with Crippen molar-refractivity contribution < 1.29 is 4.79 Å². The first-order valence-corrected chi connectivity index (χ1v) is 8.71. The van der Waals surface area contributed by atoms with Crippen LogP contribution in [-0.2, 0) is 4.79 Å². The van der Waals surface area contributed by atoms with Crippen LogP contribution in [0.15, 0.2) is 24.3 Å². The third-order valence-corrected chi connectivity index (χ3v) is 5.69. The molecule has 0 spiro atoms. The zero-order valence-corrected chi connectivity index (χ0v) is 12.8. The molecule has 0 aliphatic carbocycles. The van der Waals surface area contributed by atoms with Gasteiger partial charge in [0, 0.05) is 34.7 Å². The molecule has 5 heteroatoms. The number of anilines is 1. The van der Waals surface area contributed by atoms with E-state index in [-0.39, 0.29) is 5.91 Å². The van der Waals surface area contributed by atoms with Crippen LogP contribution in [0, 0.1) is 6.92 Å². The van der Waals surface area contributed by atoms with Gasteiger partial charge in [-0.1, -0.05) is 12.1 Å². The Morgan fingerprint density at radius 3 is 3.05 bits per heavy atom. The molecule has 2 N–H and O–H groups in total. The maximum atomic E-state index is 11.8. The van der Waals surface area contributed by atoms with Crippen molar-refractivity contribution in [1.29, 1.82) is 0 Å². The predicted molar refractivity (Wildman–Crippen MR) is 86.2 cm³/mol. The van der Waals surface area contributed by atoms with Crippen LogP contribution in [0.5, 0.6) is 0 Å². The topological polar surface area (TPSA) is 41.1 Å². The largest absolute Gasteiger partial charge is 0.325 e. The second kappa shape index (κ2) is 7.82. The number of benzene rings is 1. The Morgan fingerprint density at radius 2 is 2.32 bits per heavy atom. The average molecular weight is 296 g/mol. The van der Waals surface area contributed by atoms with E-state index in [1.54, 1.807) is 0 Å². The Kier molecular flexibility index (Phi) is 6.07. The molecule has 19 heavy (non-hydrogen) atoms. The molecule has 1 fully saturated rings. The van der Waals surface area contributed by atoms with Crippen molar-refractivity contribution in [2.45, 2.75) is 12.2 Å². The predicted octanol–water partition coefficient (Wildman–Crippen LogP) is 2.37. The molecule has 1 aliphatic rings. The van der Waals surface area contributed by atoms with Crippen molar-refractivity contribution >= 4 is 35.1 Å². The van der Waals surface area contributed by atoms with Gasteiger partial charge in [-0.25, -0.2) is 0 Å². The lowest BCUT2D eigenvalue weighted by Gasteiger charge is -2.21. The van der Waals surface area contributed by atoms with E-state index in [0.717, 1.165) is 17.8 Å². The molecule has 0 saturated carbocycles. The highest BCUT2D eigenvalue weighted by Gasteiger charge is 2.14. The Bertz CT molecular complexity index is 420. The number of carbonyl (C=O) groups is 1. The van der Waals surface area contributed by atoms with Gasteiger partial charge >= 0.3 is 0 Å². The third kappa shape index (κ3) is 5.47. The number of hydrogen-bond donors (Lipinski definition) is 2. The lowest BCUT2D eigenvalue weighted by Crippen LogP contribution is -2.34. The van der Waals surface area contributed by atoms with E-state index in [0.29, 0.717) is 11.8 Å². The van der Waals surface area contributed by atoms with Crippen LogP contribution in [-0.4, -0.2) is 41.5 Å². The third-order valence-electron chi connectivity index (χ3n) is 2.84. The van der Waals surface area contributed by atoms with Crippen LogP contribution in [0.25, 0.3) is 0 Å². The van der Waals surface area contributed by atoms with Crippen LogP contribution in [0.3, 0.4) is 0 Å². The second-order valence-corrected chi connectivity index (χ2v) is 7.17. The van der Waals surface area contributed by atoms with Gasteiger partial charge < -0.3 is 10.6 Å². The van der Waals surface area contributed by atoms with E-state index < -0.39 is 0 Å².